The van der Waals surface area contributed by atoms with Crippen molar-refractivity contribution in [2.24, 2.45) is 0 Å². The van der Waals surface area contributed by atoms with Crippen LogP contribution in [0.4, 0.5) is 0 Å². The summed E-state index contributed by atoms with van der Waals surface area (Å²) in [6.07, 6.45) is 0. The zero-order chi connectivity index (χ0) is 52.6. The molecule has 0 amide bonds. The molecule has 2 aliphatic rings. The molecule has 0 radical (unpaired) electrons. The maximum atomic E-state index is 2.72. The molecule has 17 aromatic rings. The SMILES string of the molecule is c1ccc(-c2ccc(-c3cc4c5c(c3)-n3c6ccc7c8ccccc8c8ccccc8c7c6c6c7c8ccccc8c8ccccc8c7cc(c63)B5c3cccc5c6ccccc6n-4c35)c(-c3ccccc3)c2-c2ccccc2)cc1. The van der Waals surface area contributed by atoms with Crippen molar-refractivity contribution >= 4 is 131 Å². The minimum atomic E-state index is -0.0729. The Bertz CT molecular complexity index is 5600. The van der Waals surface area contributed by atoms with E-state index >= 15 is 0 Å². The van der Waals surface area contributed by atoms with E-state index in [1.165, 1.54) is 181 Å². The van der Waals surface area contributed by atoms with Crippen molar-refractivity contribution < 1.29 is 0 Å². The number of hydrogen-bond acceptors (Lipinski definition) is 0. The summed E-state index contributed by atoms with van der Waals surface area (Å²) in [5.41, 5.74) is 21.1. The summed E-state index contributed by atoms with van der Waals surface area (Å²) in [7, 11) is 0. The van der Waals surface area contributed by atoms with Crippen LogP contribution in [0, 0.1) is 0 Å². The first-order valence-corrected chi connectivity index (χ1v) is 28.4. The Balaban J connectivity index is 1.07. The molecule has 4 heterocycles. The van der Waals surface area contributed by atoms with Crippen LogP contribution in [-0.4, -0.2) is 15.8 Å². The Kier molecular flexibility index (Phi) is 8.63. The zero-order valence-corrected chi connectivity index (χ0v) is 44.0. The smallest absolute Gasteiger partial charge is 0.252 e. The van der Waals surface area contributed by atoms with Crippen molar-refractivity contribution in [3.8, 4) is 55.9 Å². The summed E-state index contributed by atoms with van der Waals surface area (Å²) in [6, 6.07) is 103. The van der Waals surface area contributed by atoms with Crippen LogP contribution in [0.2, 0.25) is 0 Å². The molecule has 81 heavy (non-hydrogen) atoms. The van der Waals surface area contributed by atoms with Gasteiger partial charge in [0.2, 0.25) is 0 Å². The van der Waals surface area contributed by atoms with Crippen LogP contribution in [0.15, 0.2) is 273 Å². The third kappa shape index (κ3) is 5.67. The summed E-state index contributed by atoms with van der Waals surface area (Å²) in [4.78, 5) is 0. The van der Waals surface area contributed by atoms with Crippen LogP contribution >= 0.6 is 0 Å². The highest BCUT2D eigenvalue weighted by atomic mass is 15.0. The van der Waals surface area contributed by atoms with Crippen LogP contribution in [0.5, 0.6) is 0 Å². The van der Waals surface area contributed by atoms with Crippen LogP contribution in [-0.2, 0) is 0 Å². The molecule has 0 bridgehead atoms. The van der Waals surface area contributed by atoms with Gasteiger partial charge >= 0.3 is 0 Å². The van der Waals surface area contributed by atoms with Gasteiger partial charge in [0.05, 0.1) is 16.6 Å². The van der Waals surface area contributed by atoms with E-state index in [4.69, 9.17) is 0 Å². The quantitative estimate of drug-likeness (QED) is 0.123. The van der Waals surface area contributed by atoms with Gasteiger partial charge in [-0.2, -0.15) is 0 Å². The lowest BCUT2D eigenvalue weighted by Crippen LogP contribution is -2.59. The molecule has 0 saturated carbocycles. The lowest BCUT2D eigenvalue weighted by atomic mass is 9.34. The van der Waals surface area contributed by atoms with Crippen LogP contribution in [0.25, 0.3) is 164 Å². The number of aromatic nitrogens is 2. The molecule has 2 aliphatic heterocycles. The maximum Gasteiger partial charge on any atom is 0.252 e. The van der Waals surface area contributed by atoms with Crippen molar-refractivity contribution in [3.05, 3.63) is 273 Å². The molecule has 0 unspecified atom stereocenters. The predicted octanol–water partition coefficient (Wildman–Crippen LogP) is 18.6. The van der Waals surface area contributed by atoms with Crippen molar-refractivity contribution in [1.29, 1.82) is 0 Å². The largest absolute Gasteiger partial charge is 0.310 e. The van der Waals surface area contributed by atoms with Gasteiger partial charge in [-0.25, -0.2) is 0 Å². The highest BCUT2D eigenvalue weighted by Gasteiger charge is 2.42. The van der Waals surface area contributed by atoms with Crippen LogP contribution in [0.3, 0.4) is 0 Å². The van der Waals surface area contributed by atoms with Gasteiger partial charge in [0.1, 0.15) is 0 Å². The fraction of sp³-hybridized carbons (Fsp3) is 0. The average Bonchev–Trinajstić information content (AvgIpc) is 1.78. The summed E-state index contributed by atoms with van der Waals surface area (Å²) >= 11 is 0. The first-order valence-electron chi connectivity index (χ1n) is 28.4. The molecule has 370 valence electrons. The van der Waals surface area contributed by atoms with E-state index in [9.17, 15) is 0 Å². The Morgan fingerprint density at radius 1 is 0.235 bits per heavy atom. The van der Waals surface area contributed by atoms with E-state index in [0.29, 0.717) is 0 Å². The van der Waals surface area contributed by atoms with E-state index in [1.54, 1.807) is 0 Å². The van der Waals surface area contributed by atoms with Crippen LogP contribution < -0.4 is 16.4 Å². The Morgan fingerprint density at radius 2 is 0.667 bits per heavy atom. The van der Waals surface area contributed by atoms with Gasteiger partial charge in [0, 0.05) is 49.2 Å². The molecule has 15 aromatic carbocycles. The van der Waals surface area contributed by atoms with Crippen molar-refractivity contribution in [2.45, 2.75) is 0 Å². The minimum Gasteiger partial charge on any atom is -0.310 e. The van der Waals surface area contributed by atoms with Gasteiger partial charge < -0.3 is 9.13 Å². The van der Waals surface area contributed by atoms with Crippen LogP contribution in [0.1, 0.15) is 0 Å². The second-order valence-electron chi connectivity index (χ2n) is 22.5. The molecule has 0 spiro atoms. The second-order valence-corrected chi connectivity index (χ2v) is 22.5. The Labute approximate surface area is 466 Å². The maximum absolute atomic E-state index is 2.72. The molecule has 2 nitrogen and oxygen atoms in total. The topological polar surface area (TPSA) is 9.86 Å². The van der Waals surface area contributed by atoms with Gasteiger partial charge in [-0.05, 0) is 139 Å². The van der Waals surface area contributed by atoms with Crippen molar-refractivity contribution in [2.75, 3.05) is 0 Å². The van der Waals surface area contributed by atoms with Gasteiger partial charge in [-0.15, -0.1) is 0 Å². The molecule has 19 rings (SSSR count). The first kappa shape index (κ1) is 43.5. The number of benzene rings is 15. The van der Waals surface area contributed by atoms with E-state index < -0.39 is 0 Å². The normalized spacial score (nSPS) is 12.7. The molecule has 0 N–H and O–H groups in total. The second kappa shape index (κ2) is 16.1. The number of hydrogen-bond donors (Lipinski definition) is 0. The molecule has 0 aliphatic carbocycles. The average molecular weight is 1020 g/mol. The minimum absolute atomic E-state index is 0.0729. The monoisotopic (exact) mass is 1020 g/mol. The Morgan fingerprint density at radius 3 is 1.25 bits per heavy atom. The molecule has 3 heteroatoms. The predicted molar refractivity (Wildman–Crippen MR) is 347 cm³/mol. The van der Waals surface area contributed by atoms with E-state index in [1.807, 2.05) is 0 Å². The molecule has 0 saturated heterocycles. The standard InChI is InChI=1S/C78H45BN2/c1-4-21-46(22-5-1)50-39-40-51(71(48-25-8-3-9-26-48)70(50)47-23-6-2-7-24-47)49-43-68-76-69(44-49)81-67-42-41-61-56-31-12-10-27-52(56)54-29-14-16-34-59(54)72(61)74(67)75-73-60-35-17-15-30-55(60)53-28-11-13-32-57(53)63(73)45-65(78(75)81)79(76)64-37-20-36-62-58-33-18-19-38-66(58)80(68)77(62)64/h1-45H. The van der Waals surface area contributed by atoms with E-state index in [-0.39, 0.29) is 6.71 Å². The molecular weight excluding hydrogens is 976 g/mol. The lowest BCUT2D eigenvalue weighted by molar-refractivity contribution is 1.14. The van der Waals surface area contributed by atoms with Gasteiger partial charge in [0.25, 0.3) is 6.71 Å². The third-order valence-electron chi connectivity index (χ3n) is 18.6. The number of rotatable bonds is 4. The molecule has 0 atom stereocenters. The third-order valence-corrected chi connectivity index (χ3v) is 18.6. The number of nitrogens with zero attached hydrogens (tertiary/aromatic N) is 2. The van der Waals surface area contributed by atoms with E-state index in [0.717, 1.165) is 0 Å². The Hall–Kier alpha value is -10.5. The summed E-state index contributed by atoms with van der Waals surface area (Å²) in [5.74, 6) is 0. The molecule has 2 aromatic heterocycles. The first-order chi connectivity index (χ1) is 40.3. The number of para-hydroxylation sites is 2. The summed E-state index contributed by atoms with van der Waals surface area (Å²) in [5, 5.41) is 20.6. The van der Waals surface area contributed by atoms with Gasteiger partial charge in [-0.1, -0.05) is 249 Å². The highest BCUT2D eigenvalue weighted by Crippen LogP contribution is 2.52. The fourth-order valence-corrected chi connectivity index (χ4v) is 15.5. The van der Waals surface area contributed by atoms with Crippen molar-refractivity contribution in [1.82, 2.24) is 9.13 Å². The highest BCUT2D eigenvalue weighted by molar-refractivity contribution is 7.00. The lowest BCUT2D eigenvalue weighted by Gasteiger charge is -2.35. The molecular formula is C78H45BN2. The van der Waals surface area contributed by atoms with Gasteiger partial charge in [-0.3, -0.25) is 0 Å². The number of fused-ring (bicyclic) bond motifs is 24. The van der Waals surface area contributed by atoms with E-state index in [2.05, 4.69) is 282 Å². The molecule has 0 fully saturated rings. The van der Waals surface area contributed by atoms with Gasteiger partial charge in [0.15, 0.2) is 0 Å². The zero-order valence-electron chi connectivity index (χ0n) is 44.0. The van der Waals surface area contributed by atoms with Crippen molar-refractivity contribution in [3.63, 3.8) is 0 Å². The fourth-order valence-electron chi connectivity index (χ4n) is 15.5. The summed E-state index contributed by atoms with van der Waals surface area (Å²) < 4.78 is 5.35. The summed E-state index contributed by atoms with van der Waals surface area (Å²) in [6.45, 7) is -0.0729.